The quantitative estimate of drug-likeness (QED) is 0.394. The van der Waals surface area contributed by atoms with Crippen molar-refractivity contribution in [1.29, 1.82) is 0 Å². The van der Waals surface area contributed by atoms with E-state index in [1.54, 1.807) is 0 Å². The molecular formula is C21H38N2O2. The third kappa shape index (κ3) is 11.3. The molecule has 144 valence electrons. The van der Waals surface area contributed by atoms with E-state index in [0.29, 0.717) is 6.42 Å². The van der Waals surface area contributed by atoms with Gasteiger partial charge in [-0.3, -0.25) is 4.98 Å². The van der Waals surface area contributed by atoms with Crippen LogP contribution in [0.4, 0.5) is 0 Å². The third-order valence-electron chi connectivity index (χ3n) is 4.99. The fraction of sp³-hybridized carbons (Fsp3) is 0.762. The maximum Gasteiger partial charge on any atom is 0.0633 e. The highest BCUT2D eigenvalue weighted by molar-refractivity contribution is 5.08. The van der Waals surface area contributed by atoms with Crippen LogP contribution in [-0.2, 0) is 6.42 Å². The van der Waals surface area contributed by atoms with Crippen LogP contribution >= 0.6 is 0 Å². The molecule has 1 aromatic heterocycles. The van der Waals surface area contributed by atoms with Crippen molar-refractivity contribution in [2.45, 2.75) is 89.0 Å². The molecule has 0 radical (unpaired) electrons. The van der Waals surface area contributed by atoms with E-state index in [0.717, 1.165) is 19.3 Å². The van der Waals surface area contributed by atoms with E-state index in [1.807, 2.05) is 18.5 Å². The molecule has 0 saturated heterocycles. The van der Waals surface area contributed by atoms with Gasteiger partial charge in [-0.1, -0.05) is 70.3 Å². The lowest BCUT2D eigenvalue weighted by atomic mass is 9.94. The molecule has 0 aliphatic carbocycles. The Balaban J connectivity index is 1.80. The number of aliphatic hydroxyl groups excluding tert-OH is 2. The van der Waals surface area contributed by atoms with Gasteiger partial charge in [0.25, 0.3) is 0 Å². The van der Waals surface area contributed by atoms with Crippen molar-refractivity contribution in [2.75, 3.05) is 13.2 Å². The Kier molecular flexibility index (Phi) is 12.6. The lowest BCUT2D eigenvalue weighted by Gasteiger charge is -2.24. The van der Waals surface area contributed by atoms with Gasteiger partial charge < -0.3 is 15.9 Å². The van der Waals surface area contributed by atoms with Crippen LogP contribution in [0.3, 0.4) is 0 Å². The van der Waals surface area contributed by atoms with Crippen LogP contribution in [0.2, 0.25) is 0 Å². The van der Waals surface area contributed by atoms with Gasteiger partial charge in [0.05, 0.1) is 18.8 Å². The summed E-state index contributed by atoms with van der Waals surface area (Å²) in [6.45, 7) is -0.266. The molecule has 1 rings (SSSR count). The van der Waals surface area contributed by atoms with Gasteiger partial charge in [-0.2, -0.15) is 0 Å². The molecule has 0 unspecified atom stereocenters. The molecule has 0 atom stereocenters. The molecule has 0 spiro atoms. The Hall–Kier alpha value is -0.970. The van der Waals surface area contributed by atoms with E-state index in [2.05, 4.69) is 11.1 Å². The summed E-state index contributed by atoms with van der Waals surface area (Å²) in [6, 6.07) is 4.18. The number of aromatic nitrogens is 1. The van der Waals surface area contributed by atoms with Gasteiger partial charge in [-0.05, 0) is 30.9 Å². The topological polar surface area (TPSA) is 79.4 Å². The van der Waals surface area contributed by atoms with Gasteiger partial charge in [-0.25, -0.2) is 0 Å². The van der Waals surface area contributed by atoms with E-state index in [-0.39, 0.29) is 13.2 Å². The fourth-order valence-corrected chi connectivity index (χ4v) is 3.15. The van der Waals surface area contributed by atoms with Crippen molar-refractivity contribution >= 4 is 0 Å². The van der Waals surface area contributed by atoms with Crippen LogP contribution < -0.4 is 5.73 Å². The SMILES string of the molecule is NC(CO)(CO)CCCCCCCCCCCCCc1cccnc1. The molecule has 0 bridgehead atoms. The zero-order valence-corrected chi connectivity index (χ0v) is 15.8. The number of unbranched alkanes of at least 4 members (excludes halogenated alkanes) is 10. The Morgan fingerprint density at radius 2 is 1.32 bits per heavy atom. The fourth-order valence-electron chi connectivity index (χ4n) is 3.15. The van der Waals surface area contributed by atoms with Gasteiger partial charge in [0.2, 0.25) is 0 Å². The largest absolute Gasteiger partial charge is 0.394 e. The van der Waals surface area contributed by atoms with E-state index >= 15 is 0 Å². The predicted octanol–water partition coefficient (Wildman–Crippen LogP) is 3.99. The zero-order chi connectivity index (χ0) is 18.2. The summed E-state index contributed by atoms with van der Waals surface area (Å²) in [6.07, 6.45) is 19.7. The molecule has 0 fully saturated rings. The minimum atomic E-state index is -0.781. The van der Waals surface area contributed by atoms with Gasteiger partial charge in [0.15, 0.2) is 0 Å². The van der Waals surface area contributed by atoms with Crippen molar-refractivity contribution < 1.29 is 10.2 Å². The number of aliphatic hydroxyl groups is 2. The van der Waals surface area contributed by atoms with E-state index < -0.39 is 5.54 Å². The number of pyridine rings is 1. The lowest BCUT2D eigenvalue weighted by molar-refractivity contribution is 0.112. The first-order chi connectivity index (χ1) is 12.2. The molecule has 0 aliphatic rings. The highest BCUT2D eigenvalue weighted by atomic mass is 16.3. The Labute approximate surface area is 153 Å². The second-order valence-corrected chi connectivity index (χ2v) is 7.43. The van der Waals surface area contributed by atoms with E-state index in [1.165, 1.54) is 63.4 Å². The van der Waals surface area contributed by atoms with Gasteiger partial charge >= 0.3 is 0 Å². The number of rotatable bonds is 16. The highest BCUT2D eigenvalue weighted by Gasteiger charge is 2.21. The van der Waals surface area contributed by atoms with Crippen LogP contribution in [0.5, 0.6) is 0 Å². The van der Waals surface area contributed by atoms with Gasteiger partial charge in [0.1, 0.15) is 0 Å². The summed E-state index contributed by atoms with van der Waals surface area (Å²) in [5.41, 5.74) is 6.43. The zero-order valence-electron chi connectivity index (χ0n) is 15.8. The number of hydrogen-bond acceptors (Lipinski definition) is 4. The first-order valence-corrected chi connectivity index (χ1v) is 10.1. The number of aryl methyl sites for hydroxylation is 1. The first-order valence-electron chi connectivity index (χ1n) is 10.1. The van der Waals surface area contributed by atoms with Crippen molar-refractivity contribution in [1.82, 2.24) is 4.98 Å². The van der Waals surface area contributed by atoms with Crippen LogP contribution in [0.15, 0.2) is 24.5 Å². The number of hydrogen-bond donors (Lipinski definition) is 3. The van der Waals surface area contributed by atoms with Gasteiger partial charge in [-0.15, -0.1) is 0 Å². The van der Waals surface area contributed by atoms with Crippen LogP contribution in [0.25, 0.3) is 0 Å². The Morgan fingerprint density at radius 1 is 0.800 bits per heavy atom. The molecule has 1 aromatic rings. The van der Waals surface area contributed by atoms with E-state index in [9.17, 15) is 0 Å². The molecule has 0 aromatic carbocycles. The molecular weight excluding hydrogens is 312 g/mol. The average Bonchev–Trinajstić information content (AvgIpc) is 2.66. The van der Waals surface area contributed by atoms with Gasteiger partial charge in [0, 0.05) is 12.4 Å². The van der Waals surface area contributed by atoms with Crippen molar-refractivity contribution in [2.24, 2.45) is 5.73 Å². The normalized spacial score (nSPS) is 11.8. The highest BCUT2D eigenvalue weighted by Crippen LogP contribution is 2.15. The first kappa shape index (κ1) is 22.1. The monoisotopic (exact) mass is 350 g/mol. The molecule has 25 heavy (non-hydrogen) atoms. The summed E-state index contributed by atoms with van der Waals surface area (Å²) in [4.78, 5) is 4.15. The third-order valence-corrected chi connectivity index (χ3v) is 4.99. The summed E-state index contributed by atoms with van der Waals surface area (Å²) in [5, 5.41) is 18.3. The summed E-state index contributed by atoms with van der Waals surface area (Å²) in [5.74, 6) is 0. The number of nitrogens with zero attached hydrogens (tertiary/aromatic N) is 1. The second-order valence-electron chi connectivity index (χ2n) is 7.43. The van der Waals surface area contributed by atoms with Crippen molar-refractivity contribution in [3.05, 3.63) is 30.1 Å². The predicted molar refractivity (Wildman–Crippen MR) is 104 cm³/mol. The average molecular weight is 351 g/mol. The van der Waals surface area contributed by atoms with Crippen LogP contribution in [-0.4, -0.2) is 33.9 Å². The molecule has 4 N–H and O–H groups in total. The maximum atomic E-state index is 9.13. The molecule has 0 saturated carbocycles. The standard InChI is InChI=1S/C21H38N2O2/c22-21(18-24,19-25)15-11-9-7-5-3-1-2-4-6-8-10-13-20-14-12-16-23-17-20/h12,14,16-17,24-25H,1-11,13,15,18-19,22H2. The van der Waals surface area contributed by atoms with E-state index in [4.69, 9.17) is 15.9 Å². The molecule has 1 heterocycles. The Bertz CT molecular complexity index is 408. The molecule has 4 nitrogen and oxygen atoms in total. The molecule has 0 aliphatic heterocycles. The summed E-state index contributed by atoms with van der Waals surface area (Å²) >= 11 is 0. The van der Waals surface area contributed by atoms with Crippen molar-refractivity contribution in [3.8, 4) is 0 Å². The summed E-state index contributed by atoms with van der Waals surface area (Å²) < 4.78 is 0. The van der Waals surface area contributed by atoms with Crippen molar-refractivity contribution in [3.63, 3.8) is 0 Å². The van der Waals surface area contributed by atoms with Crippen LogP contribution in [0, 0.1) is 0 Å². The lowest BCUT2D eigenvalue weighted by Crippen LogP contribution is -2.47. The molecule has 0 amide bonds. The van der Waals surface area contributed by atoms with Crippen LogP contribution in [0.1, 0.15) is 82.6 Å². The smallest absolute Gasteiger partial charge is 0.0633 e. The number of nitrogens with two attached hydrogens (primary N) is 1. The minimum absolute atomic E-state index is 0.133. The minimum Gasteiger partial charge on any atom is -0.394 e. The second kappa shape index (κ2) is 14.2. The molecule has 4 heteroatoms. The Morgan fingerprint density at radius 3 is 1.80 bits per heavy atom. The maximum absolute atomic E-state index is 9.13. The summed E-state index contributed by atoms with van der Waals surface area (Å²) in [7, 11) is 0.